The number of nitrogens with one attached hydrogen (secondary N) is 1. The highest BCUT2D eigenvalue weighted by molar-refractivity contribution is 7.99. The second kappa shape index (κ2) is 7.15. The smallest absolute Gasteiger partial charge is 0.128 e. The average molecular weight is 279 g/mol. The Bertz CT molecular complexity index is 379. The minimum atomic E-state index is 0.385. The fourth-order valence-corrected chi connectivity index (χ4v) is 3.38. The van der Waals surface area contributed by atoms with Gasteiger partial charge < -0.3 is 10.2 Å². The van der Waals surface area contributed by atoms with E-state index in [2.05, 4.69) is 48.1 Å². The van der Waals surface area contributed by atoms with Gasteiger partial charge in [0.15, 0.2) is 0 Å². The maximum atomic E-state index is 4.66. The second-order valence-electron chi connectivity index (χ2n) is 5.24. The van der Waals surface area contributed by atoms with Crippen molar-refractivity contribution in [2.45, 2.75) is 39.3 Å². The summed E-state index contributed by atoms with van der Waals surface area (Å²) in [5.74, 6) is 3.54. The van der Waals surface area contributed by atoms with Crippen molar-refractivity contribution in [1.29, 1.82) is 0 Å². The Kier molecular flexibility index (Phi) is 5.52. The highest BCUT2D eigenvalue weighted by Gasteiger charge is 2.19. The molecular weight excluding hydrogens is 254 g/mol. The van der Waals surface area contributed by atoms with Gasteiger partial charge in [-0.1, -0.05) is 13.0 Å². The molecule has 2 rings (SSSR count). The topological polar surface area (TPSA) is 28.2 Å². The predicted octanol–water partition coefficient (Wildman–Crippen LogP) is 3.08. The van der Waals surface area contributed by atoms with E-state index in [4.69, 9.17) is 0 Å². The number of thioether (sulfide) groups is 1. The number of pyridine rings is 1. The summed E-state index contributed by atoms with van der Waals surface area (Å²) in [6.07, 6.45) is 3.19. The molecule has 3 nitrogen and oxygen atoms in total. The molecule has 2 unspecified atom stereocenters. The summed E-state index contributed by atoms with van der Waals surface area (Å²) >= 11 is 2.04. The number of hydrogen-bond donors (Lipinski definition) is 1. The fraction of sp³-hybridized carbons (Fsp3) is 0.667. The van der Waals surface area contributed by atoms with Gasteiger partial charge in [-0.3, -0.25) is 0 Å². The van der Waals surface area contributed by atoms with Crippen LogP contribution in [0.5, 0.6) is 0 Å². The quantitative estimate of drug-likeness (QED) is 0.896. The fourth-order valence-electron chi connectivity index (χ4n) is 2.37. The lowest BCUT2D eigenvalue weighted by atomic mass is 10.1. The van der Waals surface area contributed by atoms with Gasteiger partial charge in [0.1, 0.15) is 5.82 Å². The second-order valence-corrected chi connectivity index (χ2v) is 6.39. The lowest BCUT2D eigenvalue weighted by Crippen LogP contribution is -2.40. The molecule has 1 aromatic heterocycles. The summed E-state index contributed by atoms with van der Waals surface area (Å²) in [6.45, 7) is 8.85. The third kappa shape index (κ3) is 3.86. The molecule has 1 saturated heterocycles. The van der Waals surface area contributed by atoms with Crippen LogP contribution in [-0.2, 0) is 0 Å². The van der Waals surface area contributed by atoms with Crippen LogP contribution in [0.25, 0.3) is 0 Å². The molecular formula is C15H25N3S. The van der Waals surface area contributed by atoms with Crippen LogP contribution < -0.4 is 10.2 Å². The zero-order valence-corrected chi connectivity index (χ0v) is 13.0. The number of anilines is 1. The van der Waals surface area contributed by atoms with Crippen LogP contribution in [0.1, 0.15) is 38.8 Å². The van der Waals surface area contributed by atoms with Gasteiger partial charge in [0.2, 0.25) is 0 Å². The van der Waals surface area contributed by atoms with E-state index in [9.17, 15) is 0 Å². The highest BCUT2D eigenvalue weighted by Crippen LogP contribution is 2.23. The molecule has 0 aromatic carbocycles. The molecule has 0 spiro atoms. The number of nitrogens with zero attached hydrogens (tertiary/aromatic N) is 2. The minimum Gasteiger partial charge on any atom is -0.352 e. The van der Waals surface area contributed by atoms with E-state index < -0.39 is 0 Å². The highest BCUT2D eigenvalue weighted by atomic mass is 32.2. The molecule has 19 heavy (non-hydrogen) atoms. The van der Waals surface area contributed by atoms with Gasteiger partial charge in [0.25, 0.3) is 0 Å². The molecule has 1 aliphatic heterocycles. The van der Waals surface area contributed by atoms with Gasteiger partial charge >= 0.3 is 0 Å². The van der Waals surface area contributed by atoms with Crippen molar-refractivity contribution in [2.24, 2.45) is 0 Å². The van der Waals surface area contributed by atoms with E-state index in [1.807, 2.05) is 18.0 Å². The maximum Gasteiger partial charge on any atom is 0.128 e. The van der Waals surface area contributed by atoms with Crippen molar-refractivity contribution in [2.75, 3.05) is 29.5 Å². The van der Waals surface area contributed by atoms with E-state index in [-0.39, 0.29) is 0 Å². The van der Waals surface area contributed by atoms with Crippen molar-refractivity contribution in [1.82, 2.24) is 10.3 Å². The Labute approximate surface area is 121 Å². The molecule has 0 amide bonds. The van der Waals surface area contributed by atoms with Crippen LogP contribution in [0, 0.1) is 0 Å². The maximum absolute atomic E-state index is 4.66. The first-order chi connectivity index (χ1) is 9.22. The molecule has 4 heteroatoms. The van der Waals surface area contributed by atoms with Gasteiger partial charge in [-0.05, 0) is 38.4 Å². The Morgan fingerprint density at radius 2 is 2.37 bits per heavy atom. The molecule has 106 valence electrons. The first kappa shape index (κ1) is 14.7. The van der Waals surface area contributed by atoms with Crippen LogP contribution >= 0.6 is 11.8 Å². The number of hydrogen-bond acceptors (Lipinski definition) is 4. The predicted molar refractivity (Wildman–Crippen MR) is 85.1 cm³/mol. The number of aromatic nitrogens is 1. The standard InChI is InChI=1S/C15H25N3S/c1-4-7-16-13(3)14-5-6-15(17-10-14)18-8-9-19-11-12(18)2/h5-6,10,12-13,16H,4,7-9,11H2,1-3H3. The Morgan fingerprint density at radius 1 is 1.53 bits per heavy atom. The van der Waals surface area contributed by atoms with Gasteiger partial charge in [-0.15, -0.1) is 0 Å². The Hall–Kier alpha value is -0.740. The van der Waals surface area contributed by atoms with E-state index in [1.165, 1.54) is 23.5 Å². The minimum absolute atomic E-state index is 0.385. The van der Waals surface area contributed by atoms with Crippen LogP contribution in [0.3, 0.4) is 0 Å². The monoisotopic (exact) mass is 279 g/mol. The summed E-state index contributed by atoms with van der Waals surface area (Å²) in [7, 11) is 0. The van der Waals surface area contributed by atoms with Gasteiger partial charge in [0, 0.05) is 36.3 Å². The van der Waals surface area contributed by atoms with Crippen LogP contribution in [-0.4, -0.2) is 35.6 Å². The molecule has 1 N–H and O–H groups in total. The average Bonchev–Trinajstić information content (AvgIpc) is 2.45. The summed E-state index contributed by atoms with van der Waals surface area (Å²) in [5, 5.41) is 3.50. The molecule has 2 heterocycles. The lowest BCUT2D eigenvalue weighted by molar-refractivity contribution is 0.569. The van der Waals surface area contributed by atoms with Crippen LogP contribution in [0.15, 0.2) is 18.3 Å². The molecule has 2 atom stereocenters. The Morgan fingerprint density at radius 3 is 3.00 bits per heavy atom. The normalized spacial score (nSPS) is 21.4. The van der Waals surface area contributed by atoms with E-state index in [0.717, 1.165) is 18.9 Å². The van der Waals surface area contributed by atoms with Crippen LogP contribution in [0.4, 0.5) is 5.82 Å². The molecule has 1 aromatic rings. The summed E-state index contributed by atoms with van der Waals surface area (Å²) < 4.78 is 0. The van der Waals surface area contributed by atoms with Gasteiger partial charge in [-0.2, -0.15) is 11.8 Å². The van der Waals surface area contributed by atoms with E-state index in [0.29, 0.717) is 12.1 Å². The van der Waals surface area contributed by atoms with Gasteiger partial charge in [-0.25, -0.2) is 4.98 Å². The van der Waals surface area contributed by atoms with Crippen molar-refractivity contribution < 1.29 is 0 Å². The first-order valence-electron chi connectivity index (χ1n) is 7.26. The third-order valence-electron chi connectivity index (χ3n) is 3.63. The van der Waals surface area contributed by atoms with Crippen molar-refractivity contribution >= 4 is 17.6 Å². The zero-order valence-electron chi connectivity index (χ0n) is 12.2. The summed E-state index contributed by atoms with van der Waals surface area (Å²) in [6, 6.07) is 5.36. The van der Waals surface area contributed by atoms with Crippen molar-refractivity contribution in [3.05, 3.63) is 23.9 Å². The molecule has 0 saturated carbocycles. The molecule has 0 radical (unpaired) electrons. The number of rotatable bonds is 5. The lowest BCUT2D eigenvalue weighted by Gasteiger charge is -2.34. The molecule has 1 aliphatic rings. The van der Waals surface area contributed by atoms with E-state index >= 15 is 0 Å². The van der Waals surface area contributed by atoms with Crippen LogP contribution in [0.2, 0.25) is 0 Å². The molecule has 0 aliphatic carbocycles. The van der Waals surface area contributed by atoms with Crippen molar-refractivity contribution in [3.8, 4) is 0 Å². The van der Waals surface area contributed by atoms with Crippen molar-refractivity contribution in [3.63, 3.8) is 0 Å². The van der Waals surface area contributed by atoms with Gasteiger partial charge in [0.05, 0.1) is 0 Å². The Balaban J connectivity index is 2.01. The van der Waals surface area contributed by atoms with E-state index in [1.54, 1.807) is 0 Å². The molecule has 0 bridgehead atoms. The SMILES string of the molecule is CCCNC(C)c1ccc(N2CCSCC2C)nc1. The molecule has 1 fully saturated rings. The first-order valence-corrected chi connectivity index (χ1v) is 8.41. The third-order valence-corrected chi connectivity index (χ3v) is 4.82. The summed E-state index contributed by atoms with van der Waals surface area (Å²) in [4.78, 5) is 7.08. The largest absolute Gasteiger partial charge is 0.352 e. The summed E-state index contributed by atoms with van der Waals surface area (Å²) in [5.41, 5.74) is 1.27. The zero-order chi connectivity index (χ0) is 13.7.